The lowest BCUT2D eigenvalue weighted by atomic mass is 10.2. The van der Waals surface area contributed by atoms with E-state index in [-0.39, 0.29) is 5.75 Å². The number of hydrogen-bond donors (Lipinski definition) is 1. The Hall–Kier alpha value is -2.40. The highest BCUT2D eigenvalue weighted by molar-refractivity contribution is 5.77. The molecule has 5 nitrogen and oxygen atoms in total. The van der Waals surface area contributed by atoms with Crippen LogP contribution < -0.4 is 0 Å². The Labute approximate surface area is 135 Å². The van der Waals surface area contributed by atoms with Gasteiger partial charge in [-0.3, -0.25) is 0 Å². The minimum absolute atomic E-state index is 0.257. The number of aromatic nitrogens is 3. The summed E-state index contributed by atoms with van der Waals surface area (Å²) in [5, 5.41) is 9.81. The van der Waals surface area contributed by atoms with Gasteiger partial charge < -0.3 is 14.6 Å². The second kappa shape index (κ2) is 5.66. The number of benzene rings is 1. The minimum atomic E-state index is 0.257. The normalized spacial score (nSPS) is 18.7. The summed E-state index contributed by atoms with van der Waals surface area (Å²) in [5.74, 6) is 1.13. The molecule has 118 valence electrons. The smallest absolute Gasteiger partial charge is 0.160 e. The van der Waals surface area contributed by atoms with Gasteiger partial charge in [-0.2, -0.15) is 0 Å². The lowest BCUT2D eigenvalue weighted by Gasteiger charge is -2.21. The van der Waals surface area contributed by atoms with E-state index in [0.717, 1.165) is 35.6 Å². The van der Waals surface area contributed by atoms with Crippen LogP contribution in [0, 0.1) is 0 Å². The van der Waals surface area contributed by atoms with Gasteiger partial charge in [0.15, 0.2) is 5.65 Å². The van der Waals surface area contributed by atoms with Crippen molar-refractivity contribution in [1.29, 1.82) is 0 Å². The maximum Gasteiger partial charge on any atom is 0.160 e. The van der Waals surface area contributed by atoms with Crippen LogP contribution in [-0.4, -0.2) is 44.2 Å². The Morgan fingerprint density at radius 2 is 2.17 bits per heavy atom. The molecule has 0 spiro atoms. The summed E-state index contributed by atoms with van der Waals surface area (Å²) < 4.78 is 2.19. The van der Waals surface area contributed by atoms with E-state index in [2.05, 4.69) is 21.5 Å². The average Bonchev–Trinajstić information content (AvgIpc) is 3.12. The molecule has 0 amide bonds. The second-order valence-electron chi connectivity index (χ2n) is 6.22. The second-order valence-corrected chi connectivity index (χ2v) is 6.22. The van der Waals surface area contributed by atoms with Crippen LogP contribution in [0.3, 0.4) is 0 Å². The van der Waals surface area contributed by atoms with Crippen molar-refractivity contribution in [2.24, 2.45) is 0 Å². The molecule has 1 saturated heterocycles. The van der Waals surface area contributed by atoms with E-state index in [1.165, 1.54) is 12.8 Å². The molecule has 0 aliphatic carbocycles. The highest BCUT2D eigenvalue weighted by Crippen LogP contribution is 2.28. The Kier molecular flexibility index (Phi) is 3.50. The van der Waals surface area contributed by atoms with Gasteiger partial charge in [-0.1, -0.05) is 12.1 Å². The van der Waals surface area contributed by atoms with Crippen molar-refractivity contribution in [2.75, 3.05) is 13.6 Å². The topological polar surface area (TPSA) is 54.2 Å². The first-order valence-electron chi connectivity index (χ1n) is 8.03. The molecule has 23 heavy (non-hydrogen) atoms. The van der Waals surface area contributed by atoms with Crippen molar-refractivity contribution in [3.63, 3.8) is 0 Å². The molecule has 5 heteroatoms. The summed E-state index contributed by atoms with van der Waals surface area (Å²) in [4.78, 5) is 11.7. The van der Waals surface area contributed by atoms with Gasteiger partial charge in [0.25, 0.3) is 0 Å². The van der Waals surface area contributed by atoms with Crippen molar-refractivity contribution < 1.29 is 5.11 Å². The zero-order valence-corrected chi connectivity index (χ0v) is 13.2. The SMILES string of the molecule is CN1CCCC1Cn1c(-c2cccc(O)c2)nc2cccnc21. The molecule has 0 saturated carbocycles. The van der Waals surface area contributed by atoms with Crippen molar-refractivity contribution in [3.8, 4) is 17.1 Å². The van der Waals surface area contributed by atoms with Crippen LogP contribution in [0.1, 0.15) is 12.8 Å². The molecule has 1 fully saturated rings. The zero-order valence-electron chi connectivity index (χ0n) is 13.2. The van der Waals surface area contributed by atoms with Gasteiger partial charge in [-0.25, -0.2) is 9.97 Å². The number of phenols is 1. The first-order valence-corrected chi connectivity index (χ1v) is 8.03. The molecular weight excluding hydrogens is 288 g/mol. The molecule has 1 atom stereocenters. The first kappa shape index (κ1) is 14.2. The van der Waals surface area contributed by atoms with Crippen LogP contribution >= 0.6 is 0 Å². The molecular formula is C18H20N4O. The van der Waals surface area contributed by atoms with Crippen LogP contribution in [-0.2, 0) is 6.54 Å². The number of fused-ring (bicyclic) bond motifs is 1. The third-order valence-corrected chi connectivity index (χ3v) is 4.67. The number of likely N-dealkylation sites (N-methyl/N-ethyl adjacent to an activating group) is 1. The number of likely N-dealkylation sites (tertiary alicyclic amines) is 1. The molecule has 4 rings (SSSR count). The number of aromatic hydroxyl groups is 1. The zero-order chi connectivity index (χ0) is 15.8. The van der Waals surface area contributed by atoms with Crippen molar-refractivity contribution >= 4 is 11.2 Å². The molecule has 0 bridgehead atoms. The minimum Gasteiger partial charge on any atom is -0.508 e. The molecule has 0 radical (unpaired) electrons. The monoisotopic (exact) mass is 308 g/mol. The molecule has 1 N–H and O–H groups in total. The van der Waals surface area contributed by atoms with Gasteiger partial charge in [0.1, 0.15) is 17.1 Å². The summed E-state index contributed by atoms with van der Waals surface area (Å²) in [6, 6.07) is 11.7. The first-order chi connectivity index (χ1) is 11.2. The molecule has 3 heterocycles. The van der Waals surface area contributed by atoms with Crippen LogP contribution in [0.4, 0.5) is 0 Å². The number of phenolic OH excluding ortho intramolecular Hbond substituents is 1. The predicted octanol–water partition coefficient (Wildman–Crippen LogP) is 2.90. The highest BCUT2D eigenvalue weighted by Gasteiger charge is 2.24. The van der Waals surface area contributed by atoms with E-state index >= 15 is 0 Å². The number of nitrogens with zero attached hydrogens (tertiary/aromatic N) is 4. The Morgan fingerprint density at radius 1 is 1.26 bits per heavy atom. The standard InChI is InChI=1S/C18H20N4O/c1-21-10-4-6-14(21)12-22-17(13-5-2-7-15(23)11-13)20-16-8-3-9-19-18(16)22/h2-3,5,7-9,11,14,23H,4,6,10,12H2,1H3. The fourth-order valence-electron chi connectivity index (χ4n) is 3.42. The maximum atomic E-state index is 9.81. The van der Waals surface area contributed by atoms with Gasteiger partial charge >= 0.3 is 0 Å². The molecule has 1 aliphatic rings. The van der Waals surface area contributed by atoms with Crippen LogP contribution in [0.15, 0.2) is 42.6 Å². The largest absolute Gasteiger partial charge is 0.508 e. The summed E-state index contributed by atoms with van der Waals surface area (Å²) >= 11 is 0. The van der Waals surface area contributed by atoms with Gasteiger partial charge in [0, 0.05) is 24.3 Å². The number of imidazole rings is 1. The summed E-state index contributed by atoms with van der Waals surface area (Å²) in [5.41, 5.74) is 2.72. The van der Waals surface area contributed by atoms with Crippen LogP contribution in [0.25, 0.3) is 22.6 Å². The van der Waals surface area contributed by atoms with Crippen LogP contribution in [0.2, 0.25) is 0 Å². The maximum absolute atomic E-state index is 9.81. The lowest BCUT2D eigenvalue weighted by Crippen LogP contribution is -2.29. The average molecular weight is 308 g/mol. The van der Waals surface area contributed by atoms with Gasteiger partial charge in [-0.15, -0.1) is 0 Å². The quantitative estimate of drug-likeness (QED) is 0.808. The third-order valence-electron chi connectivity index (χ3n) is 4.67. The third kappa shape index (κ3) is 2.57. The van der Waals surface area contributed by atoms with E-state index in [4.69, 9.17) is 4.98 Å². The van der Waals surface area contributed by atoms with Crippen molar-refractivity contribution in [2.45, 2.75) is 25.4 Å². The molecule has 1 aromatic carbocycles. The van der Waals surface area contributed by atoms with Crippen molar-refractivity contribution in [1.82, 2.24) is 19.4 Å². The highest BCUT2D eigenvalue weighted by atomic mass is 16.3. The molecule has 3 aromatic rings. The lowest BCUT2D eigenvalue weighted by molar-refractivity contribution is 0.284. The van der Waals surface area contributed by atoms with Gasteiger partial charge in [0.05, 0.1) is 0 Å². The number of hydrogen-bond acceptors (Lipinski definition) is 4. The molecule has 1 aliphatic heterocycles. The Bertz CT molecular complexity index is 842. The number of rotatable bonds is 3. The molecule has 1 unspecified atom stereocenters. The van der Waals surface area contributed by atoms with E-state index in [1.54, 1.807) is 12.1 Å². The van der Waals surface area contributed by atoms with Gasteiger partial charge in [-0.05, 0) is 50.7 Å². The van der Waals surface area contributed by atoms with Gasteiger partial charge in [0.2, 0.25) is 0 Å². The Morgan fingerprint density at radius 3 is 2.96 bits per heavy atom. The Balaban J connectivity index is 1.84. The fourth-order valence-corrected chi connectivity index (χ4v) is 3.42. The predicted molar refractivity (Wildman–Crippen MR) is 90.3 cm³/mol. The van der Waals surface area contributed by atoms with Crippen LogP contribution in [0.5, 0.6) is 5.75 Å². The van der Waals surface area contributed by atoms with Crippen molar-refractivity contribution in [3.05, 3.63) is 42.6 Å². The summed E-state index contributed by atoms with van der Waals surface area (Å²) in [6.45, 7) is 2.02. The summed E-state index contributed by atoms with van der Waals surface area (Å²) in [6.07, 6.45) is 4.25. The van der Waals surface area contributed by atoms with E-state index in [9.17, 15) is 5.11 Å². The van der Waals surface area contributed by atoms with E-state index in [1.807, 2.05) is 30.5 Å². The van der Waals surface area contributed by atoms with E-state index in [0.29, 0.717) is 6.04 Å². The number of pyridine rings is 1. The molecule has 2 aromatic heterocycles. The fraction of sp³-hybridized carbons (Fsp3) is 0.333. The van der Waals surface area contributed by atoms with E-state index < -0.39 is 0 Å². The summed E-state index contributed by atoms with van der Waals surface area (Å²) in [7, 11) is 2.18.